The van der Waals surface area contributed by atoms with Crippen LogP contribution in [0.5, 0.6) is 0 Å². The Morgan fingerprint density at radius 2 is 2.29 bits per heavy atom. The van der Waals surface area contributed by atoms with Crippen LogP contribution in [0.3, 0.4) is 0 Å². The van der Waals surface area contributed by atoms with Crippen molar-refractivity contribution in [2.75, 3.05) is 25.6 Å². The first-order valence-electron chi connectivity index (χ1n) is 5.28. The Labute approximate surface area is 105 Å². The first-order valence-corrected chi connectivity index (χ1v) is 6.09. The van der Waals surface area contributed by atoms with E-state index in [-0.39, 0.29) is 5.97 Å². The van der Waals surface area contributed by atoms with E-state index in [9.17, 15) is 4.79 Å². The molecule has 92 valence electrons. The maximum absolute atomic E-state index is 11.0. The van der Waals surface area contributed by atoms with Crippen molar-refractivity contribution in [1.82, 2.24) is 4.98 Å². The molecule has 17 heavy (non-hydrogen) atoms. The molecule has 0 aromatic carbocycles. The van der Waals surface area contributed by atoms with Crippen molar-refractivity contribution in [3.05, 3.63) is 29.4 Å². The van der Waals surface area contributed by atoms with Gasteiger partial charge in [0.25, 0.3) is 0 Å². The fourth-order valence-electron chi connectivity index (χ4n) is 1.02. The van der Waals surface area contributed by atoms with Crippen molar-refractivity contribution in [1.29, 1.82) is 0 Å². The molecule has 0 spiro atoms. The third-order valence-corrected chi connectivity index (χ3v) is 2.95. The van der Waals surface area contributed by atoms with Crippen LogP contribution in [0.1, 0.15) is 11.9 Å². The Hall–Kier alpha value is -1.62. The van der Waals surface area contributed by atoms with E-state index in [2.05, 4.69) is 4.98 Å². The fourth-order valence-corrected chi connectivity index (χ4v) is 1.78. The van der Waals surface area contributed by atoms with E-state index in [4.69, 9.17) is 4.74 Å². The second-order valence-corrected chi connectivity index (χ2v) is 4.44. The molecule has 0 atom stereocenters. The Morgan fingerprint density at radius 3 is 2.88 bits per heavy atom. The minimum atomic E-state index is -0.328. The van der Waals surface area contributed by atoms with E-state index >= 15 is 0 Å². The van der Waals surface area contributed by atoms with Gasteiger partial charge in [0.1, 0.15) is 10.0 Å². The van der Waals surface area contributed by atoms with Crippen molar-refractivity contribution in [3.8, 4) is 0 Å². The average Bonchev–Trinajstić information content (AvgIpc) is 2.73. The van der Waals surface area contributed by atoms with Crippen LogP contribution in [0.15, 0.2) is 24.4 Å². The fraction of sp³-hybridized carbons (Fsp3) is 0.333. The van der Waals surface area contributed by atoms with Gasteiger partial charge in [0.15, 0.2) is 0 Å². The molecule has 0 saturated heterocycles. The van der Waals surface area contributed by atoms with E-state index in [1.807, 2.05) is 31.3 Å². The molecule has 0 radical (unpaired) electrons. The lowest BCUT2D eigenvalue weighted by molar-refractivity contribution is -0.137. The summed E-state index contributed by atoms with van der Waals surface area (Å²) in [6.07, 6.45) is 8.48. The average molecular weight is 252 g/mol. The lowest BCUT2D eigenvalue weighted by atomic mass is 10.4. The third-order valence-electron chi connectivity index (χ3n) is 1.82. The van der Waals surface area contributed by atoms with Gasteiger partial charge < -0.3 is 9.64 Å². The lowest BCUT2D eigenvalue weighted by Gasteiger charge is -2.05. The molecule has 1 rings (SSSR count). The summed E-state index contributed by atoms with van der Waals surface area (Å²) < 4.78 is 4.75. The molecule has 0 bridgehead atoms. The molecule has 0 aliphatic rings. The predicted octanol–water partition coefficient (Wildman–Crippen LogP) is 2.34. The number of carbonyl (C=O) groups excluding carboxylic acids is 1. The number of anilines is 1. The molecule has 0 aliphatic carbocycles. The van der Waals surface area contributed by atoms with Gasteiger partial charge in [-0.2, -0.15) is 0 Å². The number of esters is 1. The molecule has 1 heterocycles. The summed E-state index contributed by atoms with van der Waals surface area (Å²) in [7, 11) is 3.95. The third kappa shape index (κ3) is 4.82. The van der Waals surface area contributed by atoms with Crippen molar-refractivity contribution in [2.24, 2.45) is 0 Å². The predicted molar refractivity (Wildman–Crippen MR) is 71.2 cm³/mol. The Bertz CT molecular complexity index is 422. The van der Waals surface area contributed by atoms with Crippen LogP contribution in [0.2, 0.25) is 0 Å². The van der Waals surface area contributed by atoms with Crippen molar-refractivity contribution < 1.29 is 9.53 Å². The molecule has 0 amide bonds. The first kappa shape index (κ1) is 13.4. The van der Waals surface area contributed by atoms with Crippen LogP contribution in [0, 0.1) is 0 Å². The number of hydrogen-bond donors (Lipinski definition) is 0. The number of carbonyl (C=O) groups is 1. The number of allylic oxidation sites excluding steroid dienone is 2. The van der Waals surface area contributed by atoms with Crippen LogP contribution in [0.25, 0.3) is 6.08 Å². The summed E-state index contributed by atoms with van der Waals surface area (Å²) in [5.41, 5.74) is 0. The van der Waals surface area contributed by atoms with Crippen LogP contribution in [-0.4, -0.2) is 31.7 Å². The molecular formula is C12H16N2O2S. The Kier molecular flexibility index (Phi) is 5.42. The molecule has 1 aromatic rings. The van der Waals surface area contributed by atoms with Crippen LogP contribution < -0.4 is 4.90 Å². The quantitative estimate of drug-likeness (QED) is 0.458. The standard InChI is InChI=1S/C12H16N2O2S/c1-4-16-12(15)8-6-5-7-10-13-9-11(17-10)14(2)3/h5-9H,4H2,1-3H3/b7-5+,8-6+. The van der Waals surface area contributed by atoms with Crippen molar-refractivity contribution >= 4 is 28.4 Å². The molecule has 0 N–H and O–H groups in total. The first-order chi connectivity index (χ1) is 8.13. The number of hydrogen-bond acceptors (Lipinski definition) is 5. The maximum Gasteiger partial charge on any atom is 0.330 e. The molecule has 0 aliphatic heterocycles. The highest BCUT2D eigenvalue weighted by Gasteiger charge is 1.99. The van der Waals surface area contributed by atoms with Gasteiger partial charge in [-0.05, 0) is 13.0 Å². The molecule has 1 aromatic heterocycles. The summed E-state index contributed by atoms with van der Waals surface area (Å²) in [6, 6.07) is 0. The van der Waals surface area contributed by atoms with E-state index in [1.165, 1.54) is 6.08 Å². The van der Waals surface area contributed by atoms with E-state index in [1.54, 1.807) is 30.4 Å². The van der Waals surface area contributed by atoms with Crippen molar-refractivity contribution in [2.45, 2.75) is 6.92 Å². The van der Waals surface area contributed by atoms with Gasteiger partial charge in [-0.25, -0.2) is 9.78 Å². The highest BCUT2D eigenvalue weighted by molar-refractivity contribution is 7.16. The largest absolute Gasteiger partial charge is 0.463 e. The van der Waals surface area contributed by atoms with Gasteiger partial charge in [0, 0.05) is 20.2 Å². The molecule has 0 saturated carbocycles. The monoisotopic (exact) mass is 252 g/mol. The topological polar surface area (TPSA) is 42.4 Å². The zero-order valence-electron chi connectivity index (χ0n) is 10.2. The molecule has 5 heteroatoms. The molecular weight excluding hydrogens is 236 g/mol. The van der Waals surface area contributed by atoms with Gasteiger partial charge in [-0.3, -0.25) is 0 Å². The maximum atomic E-state index is 11.0. The Balaban J connectivity index is 2.50. The van der Waals surface area contributed by atoms with Gasteiger partial charge in [-0.15, -0.1) is 0 Å². The van der Waals surface area contributed by atoms with E-state index in [0.717, 1.165) is 10.0 Å². The van der Waals surface area contributed by atoms with Crippen LogP contribution in [0.4, 0.5) is 5.00 Å². The van der Waals surface area contributed by atoms with Crippen molar-refractivity contribution in [3.63, 3.8) is 0 Å². The van der Waals surface area contributed by atoms with E-state index in [0.29, 0.717) is 6.61 Å². The SMILES string of the molecule is CCOC(=O)/C=C/C=C/c1ncc(N(C)C)s1. The Morgan fingerprint density at radius 1 is 1.53 bits per heavy atom. The number of rotatable bonds is 5. The number of ether oxygens (including phenoxy) is 1. The highest BCUT2D eigenvalue weighted by atomic mass is 32.1. The number of aromatic nitrogens is 1. The van der Waals surface area contributed by atoms with Gasteiger partial charge >= 0.3 is 5.97 Å². The summed E-state index contributed by atoms with van der Waals surface area (Å²) in [5.74, 6) is -0.328. The second-order valence-electron chi connectivity index (χ2n) is 3.40. The smallest absolute Gasteiger partial charge is 0.330 e. The number of nitrogens with zero attached hydrogens (tertiary/aromatic N) is 2. The summed E-state index contributed by atoms with van der Waals surface area (Å²) in [6.45, 7) is 2.17. The summed E-state index contributed by atoms with van der Waals surface area (Å²) in [5, 5.41) is 2.00. The number of thiazole rings is 1. The van der Waals surface area contributed by atoms with E-state index < -0.39 is 0 Å². The molecule has 0 unspecified atom stereocenters. The summed E-state index contributed by atoms with van der Waals surface area (Å²) >= 11 is 1.59. The van der Waals surface area contributed by atoms with Crippen LogP contribution in [-0.2, 0) is 9.53 Å². The van der Waals surface area contributed by atoms with Crippen LogP contribution >= 0.6 is 11.3 Å². The summed E-state index contributed by atoms with van der Waals surface area (Å²) in [4.78, 5) is 17.2. The zero-order valence-corrected chi connectivity index (χ0v) is 11.0. The molecule has 4 nitrogen and oxygen atoms in total. The normalized spacial score (nSPS) is 11.2. The van der Waals surface area contributed by atoms with Gasteiger partial charge in [0.05, 0.1) is 12.8 Å². The minimum absolute atomic E-state index is 0.328. The van der Waals surface area contributed by atoms with Gasteiger partial charge in [0.2, 0.25) is 0 Å². The van der Waals surface area contributed by atoms with Gasteiger partial charge in [-0.1, -0.05) is 23.5 Å². The minimum Gasteiger partial charge on any atom is -0.463 e. The highest BCUT2D eigenvalue weighted by Crippen LogP contribution is 2.21. The molecule has 0 fully saturated rings. The zero-order chi connectivity index (χ0) is 12.7. The second kappa shape index (κ2) is 6.85. The lowest BCUT2D eigenvalue weighted by Crippen LogP contribution is -2.05.